The minimum atomic E-state index is -4.65. The van der Waals surface area contributed by atoms with E-state index in [4.69, 9.17) is 27.7 Å². The molecule has 0 bridgehead atoms. The molecule has 126 valence electrons. The van der Waals surface area contributed by atoms with Gasteiger partial charge in [-0.2, -0.15) is 5.10 Å². The first kappa shape index (κ1) is 18.6. The van der Waals surface area contributed by atoms with Crippen LogP contribution in [0.1, 0.15) is 11.1 Å². The van der Waals surface area contributed by atoms with Crippen LogP contribution in [0.15, 0.2) is 58.1 Å². The van der Waals surface area contributed by atoms with Crippen molar-refractivity contribution in [2.45, 2.75) is 0 Å². The minimum absolute atomic E-state index is 0.00915. The molecule has 0 spiro atoms. The normalized spacial score (nSPS) is 11.9. The fourth-order valence-electron chi connectivity index (χ4n) is 1.88. The van der Waals surface area contributed by atoms with E-state index in [2.05, 4.69) is 31.0 Å². The van der Waals surface area contributed by atoms with Gasteiger partial charge >= 0.3 is 7.82 Å². The number of thiocarbonyl (C=S) groups is 1. The molecule has 0 unspecified atom stereocenters. The summed E-state index contributed by atoms with van der Waals surface area (Å²) in [5, 5.41) is 4.16. The molecule has 0 aliphatic rings. The van der Waals surface area contributed by atoms with Crippen LogP contribution in [-0.4, -0.2) is 20.6 Å². The van der Waals surface area contributed by atoms with Gasteiger partial charge in [-0.15, -0.1) is 0 Å². The number of nitrogens with one attached hydrogen (secondary N) is 1. The summed E-state index contributed by atoms with van der Waals surface area (Å²) in [7, 11) is -4.65. The van der Waals surface area contributed by atoms with Gasteiger partial charge in [0, 0.05) is 15.6 Å². The number of hydrazone groups is 1. The van der Waals surface area contributed by atoms with E-state index in [1.54, 1.807) is 12.1 Å². The maximum absolute atomic E-state index is 11.0. The lowest BCUT2D eigenvalue weighted by molar-refractivity contribution is 0.283. The lowest BCUT2D eigenvalue weighted by atomic mass is 10.0. The highest BCUT2D eigenvalue weighted by molar-refractivity contribution is 9.10. The summed E-state index contributed by atoms with van der Waals surface area (Å²) in [6.07, 6.45) is 0. The Morgan fingerprint density at radius 1 is 1.21 bits per heavy atom. The van der Waals surface area contributed by atoms with E-state index in [1.807, 2.05) is 24.3 Å². The number of nitrogens with zero attached hydrogens (tertiary/aromatic N) is 1. The summed E-state index contributed by atoms with van der Waals surface area (Å²) in [6, 6.07) is 13.5. The standard InChI is InChI=1S/C14H13BrN3O4PS/c15-11-5-1-3-9(7-11)13(17-18-14(16)24)10-4-2-6-12(8-10)22-23(19,20)21/h1-8H,(H3,16,18,24)(H2,19,20,21). The van der Waals surface area contributed by atoms with Gasteiger partial charge in [0.2, 0.25) is 0 Å². The molecule has 0 atom stereocenters. The zero-order valence-electron chi connectivity index (χ0n) is 12.1. The van der Waals surface area contributed by atoms with Crippen LogP contribution in [-0.2, 0) is 4.57 Å². The van der Waals surface area contributed by atoms with Crippen molar-refractivity contribution in [1.82, 2.24) is 5.43 Å². The molecule has 7 nitrogen and oxygen atoms in total. The SMILES string of the molecule is NC(=S)NN=C(c1cccc(Br)c1)c1cccc(OP(=O)(O)O)c1. The second kappa shape index (κ2) is 7.87. The minimum Gasteiger partial charge on any atom is -0.404 e. The third-order valence-corrected chi connectivity index (χ3v) is 3.74. The van der Waals surface area contributed by atoms with Gasteiger partial charge < -0.3 is 10.3 Å². The predicted octanol–water partition coefficient (Wildman–Crippen LogP) is 2.51. The Bertz CT molecular complexity index is 840. The van der Waals surface area contributed by atoms with E-state index in [1.165, 1.54) is 12.1 Å². The Kier molecular flexibility index (Phi) is 6.09. The number of phosphoric acid groups is 1. The maximum Gasteiger partial charge on any atom is 0.524 e. The first-order chi connectivity index (χ1) is 11.2. The summed E-state index contributed by atoms with van der Waals surface area (Å²) >= 11 is 8.14. The van der Waals surface area contributed by atoms with Crippen molar-refractivity contribution < 1.29 is 18.9 Å². The molecule has 0 aromatic heterocycles. The van der Waals surface area contributed by atoms with Gasteiger partial charge in [0.05, 0.1) is 5.71 Å². The molecule has 0 aliphatic heterocycles. The Hall–Kier alpha value is -1.77. The Balaban J connectivity index is 2.48. The predicted molar refractivity (Wildman–Crippen MR) is 98.8 cm³/mol. The van der Waals surface area contributed by atoms with Crippen molar-refractivity contribution in [3.05, 3.63) is 64.1 Å². The summed E-state index contributed by atoms with van der Waals surface area (Å²) < 4.78 is 16.4. The lowest BCUT2D eigenvalue weighted by Crippen LogP contribution is -2.26. The molecule has 10 heteroatoms. The van der Waals surface area contributed by atoms with Gasteiger partial charge in [0.25, 0.3) is 0 Å². The van der Waals surface area contributed by atoms with Crippen molar-refractivity contribution in [3.8, 4) is 5.75 Å². The summed E-state index contributed by atoms with van der Waals surface area (Å²) in [4.78, 5) is 17.9. The smallest absolute Gasteiger partial charge is 0.404 e. The molecule has 2 aromatic carbocycles. The first-order valence-electron chi connectivity index (χ1n) is 6.49. The van der Waals surface area contributed by atoms with Crippen LogP contribution in [0.3, 0.4) is 0 Å². The third-order valence-electron chi connectivity index (χ3n) is 2.71. The molecule has 2 rings (SSSR count). The number of rotatable bonds is 5. The topological polar surface area (TPSA) is 117 Å². The van der Waals surface area contributed by atoms with Crippen molar-refractivity contribution >= 4 is 46.8 Å². The monoisotopic (exact) mass is 429 g/mol. The first-order valence-corrected chi connectivity index (χ1v) is 9.22. The maximum atomic E-state index is 11.0. The van der Waals surface area contributed by atoms with Crippen molar-refractivity contribution in [3.63, 3.8) is 0 Å². The molecular weight excluding hydrogens is 417 g/mol. The fourth-order valence-corrected chi connectivity index (χ4v) is 2.71. The summed E-state index contributed by atoms with van der Waals surface area (Å²) in [5.74, 6) is 0.0128. The highest BCUT2D eigenvalue weighted by Crippen LogP contribution is 2.37. The molecule has 0 radical (unpaired) electrons. The second-order valence-electron chi connectivity index (χ2n) is 4.56. The van der Waals surface area contributed by atoms with E-state index >= 15 is 0 Å². The van der Waals surface area contributed by atoms with Gasteiger partial charge in [-0.05, 0) is 36.5 Å². The molecule has 5 N–H and O–H groups in total. The zero-order valence-corrected chi connectivity index (χ0v) is 15.4. The van der Waals surface area contributed by atoms with Gasteiger partial charge in [-0.1, -0.05) is 40.2 Å². The van der Waals surface area contributed by atoms with E-state index in [0.29, 0.717) is 11.3 Å². The van der Waals surface area contributed by atoms with Crippen LogP contribution in [0.25, 0.3) is 0 Å². The molecular formula is C14H13BrN3O4PS. The highest BCUT2D eigenvalue weighted by atomic mass is 79.9. The number of phosphoric ester groups is 1. The van der Waals surface area contributed by atoms with Gasteiger partial charge in [0.1, 0.15) is 5.75 Å². The van der Waals surface area contributed by atoms with Gasteiger partial charge in [-0.3, -0.25) is 15.2 Å². The average molecular weight is 430 g/mol. The number of nitrogens with two attached hydrogens (primary N) is 1. The van der Waals surface area contributed by atoms with Gasteiger partial charge in [-0.25, -0.2) is 4.57 Å². The second-order valence-corrected chi connectivity index (χ2v) is 7.08. The molecule has 0 saturated carbocycles. The fraction of sp³-hybridized carbons (Fsp3) is 0. The Labute approximate surface area is 151 Å². The van der Waals surface area contributed by atoms with Crippen molar-refractivity contribution in [1.29, 1.82) is 0 Å². The number of hydrogen-bond donors (Lipinski definition) is 4. The van der Waals surface area contributed by atoms with Crippen molar-refractivity contribution in [2.24, 2.45) is 10.8 Å². The molecule has 0 heterocycles. The quantitative estimate of drug-likeness (QED) is 0.249. The number of hydrogen-bond acceptors (Lipinski definition) is 4. The molecule has 2 aromatic rings. The molecule has 24 heavy (non-hydrogen) atoms. The van der Waals surface area contributed by atoms with E-state index in [9.17, 15) is 4.57 Å². The van der Waals surface area contributed by atoms with E-state index < -0.39 is 7.82 Å². The number of benzene rings is 2. The third kappa shape index (κ3) is 5.70. The summed E-state index contributed by atoms with van der Waals surface area (Å²) in [6.45, 7) is 0. The Morgan fingerprint density at radius 2 is 1.83 bits per heavy atom. The Morgan fingerprint density at radius 3 is 2.42 bits per heavy atom. The highest BCUT2D eigenvalue weighted by Gasteiger charge is 2.17. The van der Waals surface area contributed by atoms with Crippen LogP contribution in [0, 0.1) is 0 Å². The van der Waals surface area contributed by atoms with Gasteiger partial charge in [0.15, 0.2) is 5.11 Å². The van der Waals surface area contributed by atoms with Crippen molar-refractivity contribution in [2.75, 3.05) is 0 Å². The lowest BCUT2D eigenvalue weighted by Gasteiger charge is -2.11. The average Bonchev–Trinajstić information content (AvgIpc) is 2.46. The molecule has 0 fully saturated rings. The zero-order chi connectivity index (χ0) is 17.7. The largest absolute Gasteiger partial charge is 0.524 e. The van der Waals surface area contributed by atoms with Crippen LogP contribution in [0.4, 0.5) is 0 Å². The number of halogens is 1. The van der Waals surface area contributed by atoms with Crippen LogP contribution < -0.4 is 15.7 Å². The van der Waals surface area contributed by atoms with E-state index in [0.717, 1.165) is 10.0 Å². The molecule has 0 amide bonds. The molecule has 0 aliphatic carbocycles. The van der Waals surface area contributed by atoms with Crippen LogP contribution in [0.5, 0.6) is 5.75 Å². The molecule has 0 saturated heterocycles. The summed E-state index contributed by atoms with van der Waals surface area (Å²) in [5.41, 5.74) is 9.70. The van der Waals surface area contributed by atoms with Crippen LogP contribution in [0.2, 0.25) is 0 Å². The van der Waals surface area contributed by atoms with Crippen LogP contribution >= 0.6 is 36.0 Å². The van der Waals surface area contributed by atoms with E-state index in [-0.39, 0.29) is 10.9 Å².